The van der Waals surface area contributed by atoms with Crippen molar-refractivity contribution in [3.63, 3.8) is 0 Å². The molecule has 0 saturated carbocycles. The van der Waals surface area contributed by atoms with Crippen molar-refractivity contribution in [3.8, 4) is 5.75 Å². The highest BCUT2D eigenvalue weighted by molar-refractivity contribution is 6.35. The molecule has 0 bridgehead atoms. The first-order valence-corrected chi connectivity index (χ1v) is 6.69. The number of rotatable bonds is 4. The van der Waals surface area contributed by atoms with E-state index in [2.05, 4.69) is 5.32 Å². The summed E-state index contributed by atoms with van der Waals surface area (Å²) < 4.78 is 1.59. The zero-order chi connectivity index (χ0) is 14.5. The third-order valence-electron chi connectivity index (χ3n) is 2.66. The van der Waals surface area contributed by atoms with Gasteiger partial charge in [-0.2, -0.15) is 4.57 Å². The fourth-order valence-corrected chi connectivity index (χ4v) is 2.16. The van der Waals surface area contributed by atoms with Crippen LogP contribution < -0.4 is 9.88 Å². The van der Waals surface area contributed by atoms with Crippen molar-refractivity contribution < 1.29 is 14.5 Å². The highest BCUT2D eigenvalue weighted by atomic mass is 35.5. The Balaban J connectivity index is 1.92. The standard InChI is InChI=1S/C14H12Cl2N2O2/c15-11-4-3-10(13(16)6-11)7-17-14(20)9-18-5-1-2-12(19)8-18/h1-6,8H,7,9H2,(H-,17,19,20)/p+1. The molecular formula is C14H13Cl2N2O2+. The van der Waals surface area contributed by atoms with Crippen molar-refractivity contribution in [2.24, 2.45) is 0 Å². The lowest BCUT2D eigenvalue weighted by atomic mass is 10.2. The fraction of sp³-hybridized carbons (Fsp3) is 0.143. The number of hydrogen-bond acceptors (Lipinski definition) is 2. The van der Waals surface area contributed by atoms with Gasteiger partial charge in [0.25, 0.3) is 5.91 Å². The monoisotopic (exact) mass is 311 g/mol. The lowest BCUT2D eigenvalue weighted by Gasteiger charge is -2.06. The van der Waals surface area contributed by atoms with Crippen LogP contribution in [0.4, 0.5) is 0 Å². The molecule has 0 radical (unpaired) electrons. The molecule has 0 spiro atoms. The summed E-state index contributed by atoms with van der Waals surface area (Å²) in [5, 5.41) is 13.1. The number of aromatic hydroxyl groups is 1. The van der Waals surface area contributed by atoms with Gasteiger partial charge in [-0.15, -0.1) is 0 Å². The maximum absolute atomic E-state index is 11.8. The number of halogens is 2. The predicted molar refractivity (Wildman–Crippen MR) is 76.6 cm³/mol. The maximum atomic E-state index is 11.8. The van der Waals surface area contributed by atoms with Crippen LogP contribution in [0, 0.1) is 0 Å². The molecule has 0 atom stereocenters. The molecule has 1 aromatic heterocycles. The molecule has 2 rings (SSSR count). The summed E-state index contributed by atoms with van der Waals surface area (Å²) in [6, 6.07) is 8.33. The second-order valence-electron chi connectivity index (χ2n) is 4.25. The average Bonchev–Trinajstić information content (AvgIpc) is 2.37. The smallest absolute Gasteiger partial charge is 0.286 e. The summed E-state index contributed by atoms with van der Waals surface area (Å²) in [5.41, 5.74) is 0.797. The Morgan fingerprint density at radius 1 is 1.30 bits per heavy atom. The van der Waals surface area contributed by atoms with Gasteiger partial charge in [-0.3, -0.25) is 4.79 Å². The second-order valence-corrected chi connectivity index (χ2v) is 5.09. The van der Waals surface area contributed by atoms with Gasteiger partial charge in [0.15, 0.2) is 11.9 Å². The Labute approximate surface area is 126 Å². The molecule has 0 aliphatic rings. The number of nitrogens with one attached hydrogen (secondary N) is 1. The number of carbonyl (C=O) groups is 1. The summed E-state index contributed by atoms with van der Waals surface area (Å²) in [4.78, 5) is 11.8. The van der Waals surface area contributed by atoms with Crippen molar-refractivity contribution in [3.05, 3.63) is 58.3 Å². The summed E-state index contributed by atoms with van der Waals surface area (Å²) in [5.74, 6) is -0.0623. The molecule has 6 heteroatoms. The van der Waals surface area contributed by atoms with E-state index in [0.29, 0.717) is 16.6 Å². The normalized spacial score (nSPS) is 10.3. The van der Waals surface area contributed by atoms with Crippen LogP contribution >= 0.6 is 23.2 Å². The zero-order valence-electron chi connectivity index (χ0n) is 10.5. The van der Waals surface area contributed by atoms with E-state index in [0.717, 1.165) is 5.56 Å². The van der Waals surface area contributed by atoms with Crippen LogP contribution in [0.5, 0.6) is 5.75 Å². The molecule has 2 aromatic rings. The second kappa shape index (κ2) is 6.59. The van der Waals surface area contributed by atoms with E-state index in [1.807, 2.05) is 0 Å². The molecule has 0 fully saturated rings. The first kappa shape index (κ1) is 14.6. The number of pyridine rings is 1. The minimum absolute atomic E-state index is 0.112. The fourth-order valence-electron chi connectivity index (χ4n) is 1.69. The van der Waals surface area contributed by atoms with Crippen LogP contribution in [-0.2, 0) is 17.9 Å². The van der Waals surface area contributed by atoms with Crippen molar-refractivity contribution in [2.75, 3.05) is 0 Å². The number of nitrogens with zero attached hydrogens (tertiary/aromatic N) is 1. The van der Waals surface area contributed by atoms with Gasteiger partial charge >= 0.3 is 0 Å². The van der Waals surface area contributed by atoms with Gasteiger partial charge in [-0.05, 0) is 23.8 Å². The van der Waals surface area contributed by atoms with E-state index in [9.17, 15) is 9.90 Å². The first-order chi connectivity index (χ1) is 9.54. The molecule has 4 nitrogen and oxygen atoms in total. The third-order valence-corrected chi connectivity index (χ3v) is 3.25. The van der Waals surface area contributed by atoms with Crippen molar-refractivity contribution in [2.45, 2.75) is 13.1 Å². The van der Waals surface area contributed by atoms with Crippen molar-refractivity contribution >= 4 is 29.1 Å². The summed E-state index contributed by atoms with van der Waals surface area (Å²) in [6.45, 7) is 0.452. The SMILES string of the molecule is O=C(C[n+]1cccc(O)c1)NCc1ccc(Cl)cc1Cl. The Morgan fingerprint density at radius 3 is 2.80 bits per heavy atom. The molecule has 0 aliphatic heterocycles. The van der Waals surface area contributed by atoms with E-state index in [1.54, 1.807) is 41.1 Å². The molecule has 104 valence electrons. The topological polar surface area (TPSA) is 53.2 Å². The lowest BCUT2D eigenvalue weighted by molar-refractivity contribution is -0.684. The number of amides is 1. The van der Waals surface area contributed by atoms with Crippen LogP contribution in [0.2, 0.25) is 10.0 Å². The molecular weight excluding hydrogens is 299 g/mol. The zero-order valence-corrected chi connectivity index (χ0v) is 12.0. The Kier molecular flexibility index (Phi) is 4.82. The van der Waals surface area contributed by atoms with Crippen LogP contribution in [0.25, 0.3) is 0 Å². The molecule has 1 amide bonds. The van der Waals surface area contributed by atoms with Gasteiger partial charge in [0.2, 0.25) is 12.7 Å². The average molecular weight is 312 g/mol. The van der Waals surface area contributed by atoms with Gasteiger partial charge in [0, 0.05) is 22.7 Å². The lowest BCUT2D eigenvalue weighted by Crippen LogP contribution is -2.42. The van der Waals surface area contributed by atoms with Crippen LogP contribution in [-0.4, -0.2) is 11.0 Å². The number of benzene rings is 1. The Hall–Kier alpha value is -1.78. The van der Waals surface area contributed by atoms with Gasteiger partial charge < -0.3 is 10.4 Å². The van der Waals surface area contributed by atoms with E-state index in [-0.39, 0.29) is 18.2 Å². The number of carbonyl (C=O) groups excluding carboxylic acids is 1. The highest BCUT2D eigenvalue weighted by Gasteiger charge is 2.10. The van der Waals surface area contributed by atoms with Gasteiger partial charge in [-0.1, -0.05) is 29.3 Å². The predicted octanol–water partition coefficient (Wildman–Crippen LogP) is 2.30. The van der Waals surface area contributed by atoms with E-state index in [1.165, 1.54) is 6.20 Å². The van der Waals surface area contributed by atoms with Crippen LogP contribution in [0.3, 0.4) is 0 Å². The largest absolute Gasteiger partial charge is 0.503 e. The van der Waals surface area contributed by atoms with Gasteiger partial charge in [0.05, 0.1) is 0 Å². The van der Waals surface area contributed by atoms with Crippen molar-refractivity contribution in [1.82, 2.24) is 5.32 Å². The molecule has 20 heavy (non-hydrogen) atoms. The molecule has 1 heterocycles. The maximum Gasteiger partial charge on any atom is 0.286 e. The molecule has 0 aliphatic carbocycles. The van der Waals surface area contributed by atoms with Crippen LogP contribution in [0.15, 0.2) is 42.7 Å². The minimum Gasteiger partial charge on any atom is -0.503 e. The first-order valence-electron chi connectivity index (χ1n) is 5.93. The summed E-state index contributed by atoms with van der Waals surface area (Å²) in [7, 11) is 0. The van der Waals surface area contributed by atoms with Crippen LogP contribution in [0.1, 0.15) is 5.56 Å². The van der Waals surface area contributed by atoms with E-state index >= 15 is 0 Å². The molecule has 2 N–H and O–H groups in total. The minimum atomic E-state index is -0.174. The quantitative estimate of drug-likeness (QED) is 0.851. The summed E-state index contributed by atoms with van der Waals surface area (Å²) in [6.07, 6.45) is 3.18. The molecule has 0 unspecified atom stereocenters. The van der Waals surface area contributed by atoms with E-state index in [4.69, 9.17) is 23.2 Å². The van der Waals surface area contributed by atoms with Gasteiger partial charge in [0.1, 0.15) is 0 Å². The van der Waals surface area contributed by atoms with E-state index < -0.39 is 0 Å². The molecule has 0 saturated heterocycles. The van der Waals surface area contributed by atoms with Crippen molar-refractivity contribution in [1.29, 1.82) is 0 Å². The Morgan fingerprint density at radius 2 is 2.10 bits per heavy atom. The van der Waals surface area contributed by atoms with Gasteiger partial charge in [-0.25, -0.2) is 0 Å². The number of hydrogen-bond donors (Lipinski definition) is 2. The summed E-state index contributed by atoms with van der Waals surface area (Å²) >= 11 is 11.8. The molecule has 1 aromatic carbocycles. The number of aromatic nitrogens is 1. The Bertz CT molecular complexity index is 632. The highest BCUT2D eigenvalue weighted by Crippen LogP contribution is 2.20. The third kappa shape index (κ3) is 4.11.